The fraction of sp³-hybridized carbons (Fsp3) is 0.438. The van der Waals surface area contributed by atoms with E-state index in [2.05, 4.69) is 36.1 Å². The first kappa shape index (κ1) is 17.7. The van der Waals surface area contributed by atoms with E-state index in [4.69, 9.17) is 0 Å². The molecule has 2 N–H and O–H groups in total. The minimum absolute atomic E-state index is 0.199. The van der Waals surface area contributed by atoms with Crippen LogP contribution < -0.4 is 5.73 Å². The van der Waals surface area contributed by atoms with Gasteiger partial charge >= 0.3 is 0 Å². The van der Waals surface area contributed by atoms with E-state index >= 15 is 0 Å². The fourth-order valence-corrected chi connectivity index (χ4v) is 3.36. The van der Waals surface area contributed by atoms with Crippen LogP contribution in [0, 0.1) is 12.7 Å². The van der Waals surface area contributed by atoms with Gasteiger partial charge in [-0.3, -0.25) is 0 Å². The first-order valence-corrected chi connectivity index (χ1v) is 7.92. The molecule has 1 heterocycles. The van der Waals surface area contributed by atoms with Crippen LogP contribution in [0.1, 0.15) is 38.2 Å². The van der Waals surface area contributed by atoms with E-state index in [1.165, 1.54) is 13.1 Å². The Morgan fingerprint density at radius 1 is 1.33 bits per heavy atom. The number of nitrogens with two attached hydrogens (primary N) is 1. The van der Waals surface area contributed by atoms with Crippen LogP contribution in [-0.2, 0) is 6.54 Å². The first-order chi connectivity index (χ1) is 10.0. The van der Waals surface area contributed by atoms with E-state index in [-0.39, 0.29) is 5.82 Å². The van der Waals surface area contributed by atoms with Gasteiger partial charge in [-0.05, 0) is 45.0 Å². The van der Waals surface area contributed by atoms with Crippen LogP contribution in [0.15, 0.2) is 34.2 Å². The van der Waals surface area contributed by atoms with Gasteiger partial charge in [0.25, 0.3) is 0 Å². The van der Waals surface area contributed by atoms with Gasteiger partial charge in [0, 0.05) is 11.4 Å². The summed E-state index contributed by atoms with van der Waals surface area (Å²) in [4.78, 5) is 5.56. The lowest BCUT2D eigenvalue weighted by Crippen LogP contribution is -1.99. The zero-order chi connectivity index (χ0) is 16.0. The van der Waals surface area contributed by atoms with E-state index in [9.17, 15) is 4.39 Å². The highest BCUT2D eigenvalue weighted by atomic mass is 32.2. The zero-order valence-corrected chi connectivity index (χ0v) is 14.2. The van der Waals surface area contributed by atoms with Gasteiger partial charge in [-0.1, -0.05) is 31.7 Å². The number of hydrogen-bond acceptors (Lipinski definition) is 3. The Labute approximate surface area is 130 Å². The monoisotopic (exact) mass is 309 g/mol. The molecule has 2 rings (SSSR count). The minimum atomic E-state index is -0.199. The number of rotatable bonds is 4. The molecule has 0 saturated heterocycles. The summed E-state index contributed by atoms with van der Waals surface area (Å²) in [5.74, 6) is 1.18. The molecule has 5 heteroatoms. The fourth-order valence-electron chi connectivity index (χ4n) is 2.07. The second-order valence-corrected chi connectivity index (χ2v) is 5.87. The molecule has 0 radical (unpaired) electrons. The molecule has 3 nitrogen and oxygen atoms in total. The molecule has 0 aliphatic carbocycles. The average molecular weight is 309 g/mol. The van der Waals surface area contributed by atoms with Gasteiger partial charge in [-0.25, -0.2) is 9.37 Å². The largest absolute Gasteiger partial charge is 0.333 e. The summed E-state index contributed by atoms with van der Waals surface area (Å²) in [7, 11) is 1.50. The van der Waals surface area contributed by atoms with Crippen LogP contribution in [0.25, 0.3) is 0 Å². The topological polar surface area (TPSA) is 43.8 Å². The molecular weight excluding hydrogens is 285 g/mol. The summed E-state index contributed by atoms with van der Waals surface area (Å²) in [5, 5.41) is 1.13. The van der Waals surface area contributed by atoms with Crippen molar-refractivity contribution in [1.29, 1.82) is 0 Å². The van der Waals surface area contributed by atoms with E-state index in [1.54, 1.807) is 23.9 Å². The third-order valence-electron chi connectivity index (χ3n) is 3.01. The van der Waals surface area contributed by atoms with Gasteiger partial charge in [-0.15, -0.1) is 0 Å². The third kappa shape index (κ3) is 4.32. The summed E-state index contributed by atoms with van der Waals surface area (Å²) in [6.45, 7) is 9.28. The normalized spacial score (nSPS) is 10.5. The number of halogens is 1. The van der Waals surface area contributed by atoms with Gasteiger partial charge in [0.2, 0.25) is 0 Å². The van der Waals surface area contributed by atoms with Gasteiger partial charge < -0.3 is 10.3 Å². The molecule has 0 aliphatic heterocycles. The summed E-state index contributed by atoms with van der Waals surface area (Å²) in [5.41, 5.74) is 5.59. The van der Waals surface area contributed by atoms with Gasteiger partial charge in [-0.2, -0.15) is 0 Å². The molecule has 21 heavy (non-hydrogen) atoms. The standard InChI is InChI=1S/C15H19FN2S.CH5N/c1-5-18-11(4)17-14(10(2)3)15(18)19-13-8-6-7-12(16)9-13;1-2/h6-10H,5H2,1-4H3;2H2,1H3. The molecule has 0 saturated carbocycles. The number of hydrogen-bond donors (Lipinski definition) is 1. The predicted molar refractivity (Wildman–Crippen MR) is 87.4 cm³/mol. The molecule has 1 aromatic carbocycles. The average Bonchev–Trinajstić information content (AvgIpc) is 2.77. The molecule has 116 valence electrons. The molecule has 0 spiro atoms. The van der Waals surface area contributed by atoms with Gasteiger partial charge in [0.1, 0.15) is 16.7 Å². The Balaban J connectivity index is 0.00000106. The molecule has 0 unspecified atom stereocenters. The van der Waals surface area contributed by atoms with Gasteiger partial charge in [0.15, 0.2) is 0 Å². The van der Waals surface area contributed by atoms with Crippen molar-refractivity contribution >= 4 is 11.8 Å². The van der Waals surface area contributed by atoms with E-state index < -0.39 is 0 Å². The number of aryl methyl sites for hydroxylation is 1. The second-order valence-electron chi connectivity index (χ2n) is 4.81. The van der Waals surface area contributed by atoms with Crippen molar-refractivity contribution < 1.29 is 4.39 Å². The van der Waals surface area contributed by atoms with E-state index in [0.717, 1.165) is 28.0 Å². The number of imidazole rings is 1. The maximum atomic E-state index is 13.3. The number of aromatic nitrogens is 2. The van der Waals surface area contributed by atoms with Crippen LogP contribution >= 0.6 is 11.8 Å². The summed E-state index contributed by atoms with van der Waals surface area (Å²) >= 11 is 1.59. The Hall–Kier alpha value is -1.33. The van der Waals surface area contributed by atoms with Gasteiger partial charge in [0.05, 0.1) is 5.69 Å². The van der Waals surface area contributed by atoms with Crippen molar-refractivity contribution in [2.45, 2.75) is 50.1 Å². The summed E-state index contributed by atoms with van der Waals surface area (Å²) in [6, 6.07) is 6.71. The Morgan fingerprint density at radius 3 is 2.52 bits per heavy atom. The lowest BCUT2D eigenvalue weighted by atomic mass is 10.1. The quantitative estimate of drug-likeness (QED) is 0.920. The van der Waals surface area contributed by atoms with E-state index in [0.29, 0.717) is 5.92 Å². The Morgan fingerprint density at radius 2 is 2.00 bits per heavy atom. The van der Waals surface area contributed by atoms with Crippen LogP contribution in [0.2, 0.25) is 0 Å². The van der Waals surface area contributed by atoms with Crippen molar-refractivity contribution in [3.8, 4) is 0 Å². The van der Waals surface area contributed by atoms with Crippen LogP contribution in [0.3, 0.4) is 0 Å². The van der Waals surface area contributed by atoms with Crippen LogP contribution in [-0.4, -0.2) is 16.6 Å². The summed E-state index contributed by atoms with van der Waals surface area (Å²) in [6.07, 6.45) is 0. The molecule has 0 amide bonds. The molecule has 1 aromatic heterocycles. The number of benzene rings is 1. The Kier molecular flexibility index (Phi) is 6.92. The first-order valence-electron chi connectivity index (χ1n) is 7.11. The summed E-state index contributed by atoms with van der Waals surface area (Å²) < 4.78 is 15.5. The molecule has 0 fully saturated rings. The van der Waals surface area contributed by atoms with Crippen molar-refractivity contribution in [2.24, 2.45) is 5.73 Å². The number of nitrogens with zero attached hydrogens (tertiary/aromatic N) is 2. The smallest absolute Gasteiger partial charge is 0.124 e. The molecule has 0 atom stereocenters. The Bertz CT molecular complexity index is 579. The lowest BCUT2D eigenvalue weighted by Gasteiger charge is -2.10. The molecule has 0 bridgehead atoms. The highest BCUT2D eigenvalue weighted by Gasteiger charge is 2.17. The van der Waals surface area contributed by atoms with Crippen molar-refractivity contribution in [3.63, 3.8) is 0 Å². The van der Waals surface area contributed by atoms with E-state index in [1.807, 2.05) is 13.0 Å². The van der Waals surface area contributed by atoms with Crippen LogP contribution in [0.5, 0.6) is 0 Å². The lowest BCUT2D eigenvalue weighted by molar-refractivity contribution is 0.624. The highest BCUT2D eigenvalue weighted by molar-refractivity contribution is 7.99. The predicted octanol–water partition coefficient (Wildman–Crippen LogP) is 4.20. The minimum Gasteiger partial charge on any atom is -0.333 e. The SMILES string of the molecule is CCn1c(C)nc(C(C)C)c1Sc1cccc(F)c1.CN. The second kappa shape index (κ2) is 8.20. The highest BCUT2D eigenvalue weighted by Crippen LogP contribution is 2.34. The molecular formula is C16H24FN3S. The van der Waals surface area contributed by atoms with Crippen LogP contribution in [0.4, 0.5) is 4.39 Å². The van der Waals surface area contributed by atoms with Crippen molar-refractivity contribution in [2.75, 3.05) is 7.05 Å². The maximum absolute atomic E-state index is 13.3. The third-order valence-corrected chi connectivity index (χ3v) is 4.12. The molecule has 2 aromatic rings. The van der Waals surface area contributed by atoms with Crippen molar-refractivity contribution in [1.82, 2.24) is 9.55 Å². The zero-order valence-electron chi connectivity index (χ0n) is 13.4. The maximum Gasteiger partial charge on any atom is 0.124 e. The molecule has 0 aliphatic rings. The van der Waals surface area contributed by atoms with Crippen molar-refractivity contribution in [3.05, 3.63) is 41.6 Å².